The average molecular weight is 487 g/mol. The molecule has 34 heavy (non-hydrogen) atoms. The molecule has 1 amide bonds. The van der Waals surface area contributed by atoms with Gasteiger partial charge in [0.2, 0.25) is 5.82 Å². The molecule has 1 fully saturated rings. The van der Waals surface area contributed by atoms with Crippen molar-refractivity contribution in [2.75, 3.05) is 6.61 Å². The molecule has 2 atom stereocenters. The summed E-state index contributed by atoms with van der Waals surface area (Å²) < 4.78 is 26.9. The Morgan fingerprint density at radius 1 is 1.21 bits per heavy atom. The highest BCUT2D eigenvalue weighted by Crippen LogP contribution is 2.33. The van der Waals surface area contributed by atoms with Gasteiger partial charge in [-0.2, -0.15) is 9.49 Å². The molecule has 0 saturated carbocycles. The Labute approximate surface area is 197 Å². The van der Waals surface area contributed by atoms with Crippen LogP contribution in [0.2, 0.25) is 5.02 Å². The summed E-state index contributed by atoms with van der Waals surface area (Å²) in [4.78, 5) is 38.7. The first-order valence-electron chi connectivity index (χ1n) is 10.7. The molecule has 0 spiro atoms. The smallest absolute Gasteiger partial charge is 0.333 e. The van der Waals surface area contributed by atoms with Crippen molar-refractivity contribution in [2.24, 2.45) is 5.10 Å². The third-order valence-corrected chi connectivity index (χ3v) is 6.13. The van der Waals surface area contributed by atoms with Crippen molar-refractivity contribution in [1.82, 2.24) is 14.1 Å². The predicted octanol–water partition coefficient (Wildman–Crippen LogP) is 3.08. The number of carbonyl (C=O) groups is 1. The number of benzene rings is 1. The lowest BCUT2D eigenvalue weighted by molar-refractivity contribution is -0.134. The highest BCUT2D eigenvalue weighted by Gasteiger charge is 2.35. The van der Waals surface area contributed by atoms with Crippen LogP contribution in [0.5, 0.6) is 0 Å². The summed E-state index contributed by atoms with van der Waals surface area (Å²) in [6.45, 7) is -0.256. The van der Waals surface area contributed by atoms with E-state index >= 15 is 0 Å². The van der Waals surface area contributed by atoms with E-state index in [0.29, 0.717) is 46.9 Å². The summed E-state index contributed by atoms with van der Waals surface area (Å²) in [5, 5.41) is 6.20. The molecular weight excluding hydrogens is 467 g/mol. The van der Waals surface area contributed by atoms with Crippen LogP contribution >= 0.6 is 11.6 Å². The number of ether oxygens (including phenoxy) is 1. The lowest BCUT2D eigenvalue weighted by Crippen LogP contribution is -2.45. The third-order valence-electron chi connectivity index (χ3n) is 5.88. The zero-order valence-corrected chi connectivity index (χ0v) is 18.7. The molecule has 2 unspecified atom stereocenters. The fourth-order valence-corrected chi connectivity index (χ4v) is 4.31. The van der Waals surface area contributed by atoms with Crippen LogP contribution in [-0.2, 0) is 16.1 Å². The average Bonchev–Trinajstić information content (AvgIpc) is 3.60. The van der Waals surface area contributed by atoms with Gasteiger partial charge in [0.25, 0.3) is 11.5 Å². The van der Waals surface area contributed by atoms with Gasteiger partial charge in [-0.1, -0.05) is 23.7 Å². The van der Waals surface area contributed by atoms with E-state index in [0.717, 1.165) is 16.3 Å². The van der Waals surface area contributed by atoms with Crippen LogP contribution in [0.25, 0.3) is 0 Å². The first-order chi connectivity index (χ1) is 16.4. The molecule has 1 saturated heterocycles. The van der Waals surface area contributed by atoms with E-state index in [-0.39, 0.29) is 0 Å². The van der Waals surface area contributed by atoms with Gasteiger partial charge in [-0.15, -0.1) is 0 Å². The second kappa shape index (κ2) is 9.03. The van der Waals surface area contributed by atoms with Gasteiger partial charge in [0.15, 0.2) is 0 Å². The summed E-state index contributed by atoms with van der Waals surface area (Å²) in [6.07, 6.45) is 3.19. The molecule has 11 heteroatoms. The van der Waals surface area contributed by atoms with Gasteiger partial charge in [0, 0.05) is 18.1 Å². The van der Waals surface area contributed by atoms with Gasteiger partial charge in [0.05, 0.1) is 18.2 Å². The second-order valence-corrected chi connectivity index (χ2v) is 8.49. The molecule has 5 rings (SSSR count). The Hall–Kier alpha value is -3.50. The SMILES string of the molecule is O=C(Cn1c(=O)c(F)cn(C2CCCO2)c1=O)N1N=C(c2ccc(Cl)cc2)CC1c1ccco1. The fourth-order valence-electron chi connectivity index (χ4n) is 4.18. The van der Waals surface area contributed by atoms with E-state index in [1.54, 1.807) is 36.4 Å². The Bertz CT molecular complexity index is 1360. The molecule has 0 aliphatic carbocycles. The Balaban J connectivity index is 1.49. The van der Waals surface area contributed by atoms with Crippen molar-refractivity contribution in [3.05, 3.63) is 91.9 Å². The normalized spacial score (nSPS) is 20.1. The van der Waals surface area contributed by atoms with Gasteiger partial charge < -0.3 is 9.15 Å². The van der Waals surface area contributed by atoms with E-state index in [9.17, 15) is 18.8 Å². The minimum absolute atomic E-state index is 0.346. The summed E-state index contributed by atoms with van der Waals surface area (Å²) in [5.74, 6) is -1.31. The van der Waals surface area contributed by atoms with E-state index in [2.05, 4.69) is 5.10 Å². The number of hydrogen-bond donors (Lipinski definition) is 0. The number of carbonyl (C=O) groups excluding carboxylic acids is 1. The van der Waals surface area contributed by atoms with E-state index in [1.807, 2.05) is 0 Å². The minimum Gasteiger partial charge on any atom is -0.467 e. The molecule has 0 radical (unpaired) electrons. The van der Waals surface area contributed by atoms with Crippen molar-refractivity contribution in [2.45, 2.75) is 38.1 Å². The Morgan fingerprint density at radius 3 is 2.68 bits per heavy atom. The highest BCUT2D eigenvalue weighted by molar-refractivity contribution is 6.30. The molecule has 2 aliphatic heterocycles. The van der Waals surface area contributed by atoms with Crippen molar-refractivity contribution in [3.63, 3.8) is 0 Å². The van der Waals surface area contributed by atoms with Gasteiger partial charge in [-0.3, -0.25) is 14.2 Å². The van der Waals surface area contributed by atoms with Crippen LogP contribution in [0.15, 0.2) is 68.0 Å². The first kappa shape index (κ1) is 22.3. The van der Waals surface area contributed by atoms with Crippen LogP contribution in [0.4, 0.5) is 4.39 Å². The minimum atomic E-state index is -1.18. The van der Waals surface area contributed by atoms with Crippen LogP contribution < -0.4 is 11.2 Å². The molecule has 176 valence electrons. The molecular formula is C23H20ClFN4O5. The molecule has 2 aliphatic rings. The highest BCUT2D eigenvalue weighted by atomic mass is 35.5. The summed E-state index contributed by atoms with van der Waals surface area (Å²) >= 11 is 5.98. The van der Waals surface area contributed by atoms with E-state index in [1.165, 1.54) is 11.3 Å². The number of amides is 1. The van der Waals surface area contributed by atoms with Crippen LogP contribution in [0, 0.1) is 5.82 Å². The lowest BCUT2D eigenvalue weighted by atomic mass is 10.0. The van der Waals surface area contributed by atoms with Crippen LogP contribution in [0.3, 0.4) is 0 Å². The van der Waals surface area contributed by atoms with Crippen molar-refractivity contribution < 1.29 is 18.3 Å². The van der Waals surface area contributed by atoms with Crippen LogP contribution in [-0.4, -0.2) is 32.4 Å². The van der Waals surface area contributed by atoms with Gasteiger partial charge in [0.1, 0.15) is 24.6 Å². The number of rotatable bonds is 5. The molecule has 1 aromatic carbocycles. The monoisotopic (exact) mass is 486 g/mol. The zero-order valence-electron chi connectivity index (χ0n) is 17.9. The number of halogens is 2. The molecule has 0 N–H and O–H groups in total. The summed E-state index contributed by atoms with van der Waals surface area (Å²) in [6, 6.07) is 9.81. The number of hydrogen-bond acceptors (Lipinski definition) is 6. The second-order valence-electron chi connectivity index (χ2n) is 8.05. The predicted molar refractivity (Wildman–Crippen MR) is 120 cm³/mol. The summed E-state index contributed by atoms with van der Waals surface area (Å²) in [7, 11) is 0. The number of nitrogens with zero attached hydrogens (tertiary/aromatic N) is 4. The third kappa shape index (κ3) is 4.10. The van der Waals surface area contributed by atoms with E-state index in [4.69, 9.17) is 20.8 Å². The van der Waals surface area contributed by atoms with Gasteiger partial charge in [-0.25, -0.2) is 14.4 Å². The number of aromatic nitrogens is 2. The van der Waals surface area contributed by atoms with Crippen LogP contribution in [0.1, 0.15) is 42.9 Å². The Kier molecular flexibility index (Phi) is 5.93. The topological polar surface area (TPSA) is 99.0 Å². The van der Waals surface area contributed by atoms with Crippen molar-refractivity contribution >= 4 is 23.2 Å². The first-order valence-corrected chi connectivity index (χ1v) is 11.1. The standard InChI is InChI=1S/C23H20ClFN4O5/c24-15-7-5-14(6-8-15)17-11-18(19-3-1-9-33-19)29(26-17)20(30)13-28-22(31)16(25)12-27(23(28)32)21-4-2-10-34-21/h1,3,5-9,12,18,21H,2,4,10-11,13H2. The molecule has 9 nitrogen and oxygen atoms in total. The maximum absolute atomic E-state index is 14.4. The fraction of sp³-hybridized carbons (Fsp3) is 0.304. The van der Waals surface area contributed by atoms with Gasteiger partial charge in [-0.05, 0) is 42.7 Å². The maximum atomic E-state index is 14.4. The Morgan fingerprint density at radius 2 is 2.00 bits per heavy atom. The summed E-state index contributed by atoms with van der Waals surface area (Å²) in [5.41, 5.74) is -0.625. The number of hydrazone groups is 1. The quantitative estimate of drug-likeness (QED) is 0.552. The maximum Gasteiger partial charge on any atom is 0.333 e. The van der Waals surface area contributed by atoms with Crippen molar-refractivity contribution in [3.8, 4) is 0 Å². The van der Waals surface area contributed by atoms with Crippen molar-refractivity contribution in [1.29, 1.82) is 0 Å². The largest absolute Gasteiger partial charge is 0.467 e. The van der Waals surface area contributed by atoms with E-state index < -0.39 is 41.8 Å². The zero-order chi connectivity index (χ0) is 23.8. The number of furan rings is 1. The molecule has 4 heterocycles. The molecule has 0 bridgehead atoms. The van der Waals surface area contributed by atoms with Gasteiger partial charge >= 0.3 is 5.69 Å². The molecule has 2 aromatic heterocycles. The lowest BCUT2D eigenvalue weighted by Gasteiger charge is -2.21. The molecule has 3 aromatic rings.